The Labute approximate surface area is 96.1 Å². The van der Waals surface area contributed by atoms with Gasteiger partial charge in [0.15, 0.2) is 0 Å². The lowest BCUT2D eigenvalue weighted by molar-refractivity contribution is 0.121. The van der Waals surface area contributed by atoms with Gasteiger partial charge in [0.25, 0.3) is 0 Å². The van der Waals surface area contributed by atoms with E-state index in [1.165, 1.54) is 0 Å². The van der Waals surface area contributed by atoms with Gasteiger partial charge in [-0.25, -0.2) is 9.52 Å². The number of carbonyl (C=O) groups is 1. The highest BCUT2D eigenvalue weighted by Crippen LogP contribution is 1.98. The Balaban J connectivity index is 4.56. The lowest BCUT2D eigenvalue weighted by Crippen LogP contribution is -2.44. The standard InChI is InChI=1S/C9H16N2O4S/c1-5-7-11(6-2)16(13,14)10-9(12)15-8(3)4/h1,8H,6-7H2,2-4H3,(H,10,12). The third-order valence-electron chi connectivity index (χ3n) is 1.52. The molecular weight excluding hydrogens is 232 g/mol. The summed E-state index contributed by atoms with van der Waals surface area (Å²) in [5.74, 6) is 2.19. The van der Waals surface area contributed by atoms with Crippen molar-refractivity contribution in [1.82, 2.24) is 9.03 Å². The van der Waals surface area contributed by atoms with Crippen LogP contribution in [0.2, 0.25) is 0 Å². The summed E-state index contributed by atoms with van der Waals surface area (Å²) in [6.07, 6.45) is 3.61. The van der Waals surface area contributed by atoms with Crippen LogP contribution >= 0.6 is 0 Å². The summed E-state index contributed by atoms with van der Waals surface area (Å²) >= 11 is 0. The Morgan fingerprint density at radius 2 is 2.12 bits per heavy atom. The summed E-state index contributed by atoms with van der Waals surface area (Å²) in [5, 5.41) is 0. The summed E-state index contributed by atoms with van der Waals surface area (Å²) in [6.45, 7) is 4.93. The van der Waals surface area contributed by atoms with Crippen LogP contribution in [0.25, 0.3) is 0 Å². The predicted octanol–water partition coefficient (Wildman–Crippen LogP) is 0.321. The summed E-state index contributed by atoms with van der Waals surface area (Å²) in [4.78, 5) is 11.1. The van der Waals surface area contributed by atoms with Crippen LogP contribution in [-0.4, -0.2) is 38.0 Å². The van der Waals surface area contributed by atoms with Crippen LogP contribution in [0.5, 0.6) is 0 Å². The average Bonchev–Trinajstić information content (AvgIpc) is 2.11. The molecule has 0 aromatic carbocycles. The molecular formula is C9H16N2O4S. The number of rotatable bonds is 5. The highest BCUT2D eigenvalue weighted by Gasteiger charge is 2.23. The number of nitrogens with one attached hydrogen (secondary N) is 1. The molecule has 0 aliphatic rings. The molecule has 0 heterocycles. The summed E-state index contributed by atoms with van der Waals surface area (Å²) in [7, 11) is -3.91. The van der Waals surface area contributed by atoms with Gasteiger partial charge in [0, 0.05) is 6.54 Å². The van der Waals surface area contributed by atoms with Crippen LogP contribution < -0.4 is 4.72 Å². The van der Waals surface area contributed by atoms with Crippen molar-refractivity contribution in [1.29, 1.82) is 0 Å². The molecule has 0 saturated heterocycles. The Hall–Kier alpha value is -1.26. The van der Waals surface area contributed by atoms with Gasteiger partial charge < -0.3 is 4.74 Å². The average molecular weight is 248 g/mol. The highest BCUT2D eigenvalue weighted by atomic mass is 32.2. The van der Waals surface area contributed by atoms with E-state index < -0.39 is 22.4 Å². The fraction of sp³-hybridized carbons (Fsp3) is 0.667. The second kappa shape index (κ2) is 6.35. The number of ether oxygens (including phenoxy) is 1. The van der Waals surface area contributed by atoms with Gasteiger partial charge >= 0.3 is 16.3 Å². The first-order valence-electron chi connectivity index (χ1n) is 4.75. The molecule has 0 bridgehead atoms. The molecule has 16 heavy (non-hydrogen) atoms. The minimum atomic E-state index is -3.91. The zero-order valence-electron chi connectivity index (χ0n) is 9.56. The van der Waals surface area contributed by atoms with Gasteiger partial charge in [-0.15, -0.1) is 6.42 Å². The zero-order chi connectivity index (χ0) is 12.8. The molecule has 0 unspecified atom stereocenters. The van der Waals surface area contributed by atoms with E-state index in [9.17, 15) is 13.2 Å². The third-order valence-corrected chi connectivity index (χ3v) is 3.01. The van der Waals surface area contributed by atoms with E-state index in [2.05, 4.69) is 10.7 Å². The van der Waals surface area contributed by atoms with Gasteiger partial charge in [0.05, 0.1) is 12.6 Å². The highest BCUT2D eigenvalue weighted by molar-refractivity contribution is 7.87. The number of terminal acetylenes is 1. The Morgan fingerprint density at radius 3 is 2.50 bits per heavy atom. The van der Waals surface area contributed by atoms with Gasteiger partial charge in [-0.1, -0.05) is 12.8 Å². The van der Waals surface area contributed by atoms with Gasteiger partial charge in [0.2, 0.25) is 0 Å². The maximum Gasteiger partial charge on any atom is 0.422 e. The Bertz CT molecular complexity index is 369. The molecule has 0 aliphatic carbocycles. The number of hydrogen-bond acceptors (Lipinski definition) is 4. The van der Waals surface area contributed by atoms with Crippen LogP contribution in [0.3, 0.4) is 0 Å². The molecule has 0 aromatic rings. The number of hydrogen-bond donors (Lipinski definition) is 1. The first-order chi connectivity index (χ1) is 7.33. The predicted molar refractivity (Wildman–Crippen MR) is 59.8 cm³/mol. The lowest BCUT2D eigenvalue weighted by atomic mass is 10.5. The van der Waals surface area contributed by atoms with E-state index in [1.54, 1.807) is 25.5 Å². The van der Waals surface area contributed by atoms with Gasteiger partial charge in [-0.05, 0) is 13.8 Å². The number of carbonyl (C=O) groups excluding carboxylic acids is 1. The van der Waals surface area contributed by atoms with E-state index in [0.717, 1.165) is 4.31 Å². The van der Waals surface area contributed by atoms with Gasteiger partial charge in [-0.3, -0.25) is 0 Å². The zero-order valence-corrected chi connectivity index (χ0v) is 10.4. The van der Waals surface area contributed by atoms with Crippen molar-refractivity contribution in [2.45, 2.75) is 26.9 Å². The summed E-state index contributed by atoms with van der Waals surface area (Å²) in [6, 6.07) is 0. The largest absolute Gasteiger partial charge is 0.446 e. The van der Waals surface area contributed by atoms with Crippen LogP contribution in [0.15, 0.2) is 0 Å². The monoisotopic (exact) mass is 248 g/mol. The van der Waals surface area contributed by atoms with Crippen LogP contribution in [-0.2, 0) is 14.9 Å². The molecule has 0 rings (SSSR count). The molecule has 0 aromatic heterocycles. The second-order valence-corrected chi connectivity index (χ2v) is 4.86. The maximum atomic E-state index is 11.6. The first-order valence-corrected chi connectivity index (χ1v) is 6.19. The SMILES string of the molecule is C#CCN(CC)S(=O)(=O)NC(=O)OC(C)C. The minimum absolute atomic E-state index is 0.0964. The molecule has 0 aliphatic heterocycles. The molecule has 0 fully saturated rings. The number of amides is 1. The third kappa shape index (κ3) is 5.00. The normalized spacial score (nSPS) is 11.2. The van der Waals surface area contributed by atoms with E-state index in [1.807, 2.05) is 0 Å². The van der Waals surface area contributed by atoms with Crippen molar-refractivity contribution in [3.63, 3.8) is 0 Å². The topological polar surface area (TPSA) is 75.7 Å². The molecule has 1 amide bonds. The Morgan fingerprint density at radius 1 is 1.56 bits per heavy atom. The van der Waals surface area contributed by atoms with Crippen molar-refractivity contribution in [2.75, 3.05) is 13.1 Å². The van der Waals surface area contributed by atoms with Crippen molar-refractivity contribution in [3.05, 3.63) is 0 Å². The molecule has 0 atom stereocenters. The molecule has 92 valence electrons. The smallest absolute Gasteiger partial charge is 0.422 e. The quantitative estimate of drug-likeness (QED) is 0.711. The summed E-state index contributed by atoms with van der Waals surface area (Å²) in [5.41, 5.74) is 0. The first kappa shape index (κ1) is 14.7. The van der Waals surface area contributed by atoms with Crippen molar-refractivity contribution in [2.24, 2.45) is 0 Å². The van der Waals surface area contributed by atoms with Gasteiger partial charge in [-0.2, -0.15) is 12.7 Å². The van der Waals surface area contributed by atoms with Crippen LogP contribution in [0.1, 0.15) is 20.8 Å². The fourth-order valence-corrected chi connectivity index (χ4v) is 1.85. The molecule has 0 saturated carbocycles. The molecule has 6 nitrogen and oxygen atoms in total. The molecule has 7 heteroatoms. The molecule has 1 N–H and O–H groups in total. The van der Waals surface area contributed by atoms with Crippen LogP contribution in [0.4, 0.5) is 4.79 Å². The minimum Gasteiger partial charge on any atom is -0.446 e. The van der Waals surface area contributed by atoms with Crippen molar-refractivity contribution >= 4 is 16.3 Å². The lowest BCUT2D eigenvalue weighted by Gasteiger charge is -2.18. The van der Waals surface area contributed by atoms with Crippen LogP contribution in [0, 0.1) is 12.3 Å². The Kier molecular flexibility index (Phi) is 5.85. The second-order valence-electron chi connectivity index (χ2n) is 3.19. The number of nitrogens with zero attached hydrogens (tertiary/aromatic N) is 1. The van der Waals surface area contributed by atoms with E-state index in [0.29, 0.717) is 0 Å². The fourth-order valence-electron chi connectivity index (χ4n) is 0.877. The molecule has 0 spiro atoms. The molecule has 0 radical (unpaired) electrons. The van der Waals surface area contributed by atoms with Gasteiger partial charge in [0.1, 0.15) is 0 Å². The maximum absolute atomic E-state index is 11.6. The van der Waals surface area contributed by atoms with E-state index >= 15 is 0 Å². The van der Waals surface area contributed by atoms with E-state index in [4.69, 9.17) is 6.42 Å². The van der Waals surface area contributed by atoms with Crippen molar-refractivity contribution < 1.29 is 17.9 Å². The van der Waals surface area contributed by atoms with E-state index in [-0.39, 0.29) is 13.1 Å². The summed E-state index contributed by atoms with van der Waals surface area (Å²) < 4.78 is 30.5. The van der Waals surface area contributed by atoms with Crippen molar-refractivity contribution in [3.8, 4) is 12.3 Å².